The molecule has 0 radical (unpaired) electrons. The fourth-order valence-corrected chi connectivity index (χ4v) is 6.01. The Kier molecular flexibility index (Phi) is 7.11. The Balaban J connectivity index is 2.21. The van der Waals surface area contributed by atoms with Crippen molar-refractivity contribution < 1.29 is 23.1 Å². The van der Waals surface area contributed by atoms with Gasteiger partial charge in [0.15, 0.2) is 9.84 Å². The average molecular weight is 400 g/mol. The first-order valence-corrected chi connectivity index (χ1v) is 11.3. The average Bonchev–Trinajstić information content (AvgIpc) is 2.61. The molecule has 26 heavy (non-hydrogen) atoms. The Bertz CT molecular complexity index is 763. The van der Waals surface area contributed by atoms with Crippen LogP contribution in [0.15, 0.2) is 34.1 Å². The number of aliphatic carboxylic acids is 1. The number of carbonyl (C=O) groups excluding carboxylic acids is 1. The molecule has 0 aromatic heterocycles. The number of carboxylic acids is 1. The second-order valence-electron chi connectivity index (χ2n) is 6.41. The summed E-state index contributed by atoms with van der Waals surface area (Å²) in [6.45, 7) is 3.93. The topological polar surface area (TPSA) is 91.8 Å². The third kappa shape index (κ3) is 4.79. The van der Waals surface area contributed by atoms with Gasteiger partial charge >= 0.3 is 5.97 Å². The summed E-state index contributed by atoms with van der Waals surface area (Å²) in [7, 11) is -3.40. The second-order valence-corrected chi connectivity index (χ2v) is 9.87. The van der Waals surface area contributed by atoms with Crippen LogP contribution >= 0.6 is 11.8 Å². The van der Waals surface area contributed by atoms with E-state index in [1.54, 1.807) is 31.2 Å². The summed E-state index contributed by atoms with van der Waals surface area (Å²) in [5, 5.41) is 8.80. The maximum absolute atomic E-state index is 12.8. The van der Waals surface area contributed by atoms with Crippen molar-refractivity contribution in [2.75, 3.05) is 12.3 Å². The first kappa shape index (κ1) is 20.8. The van der Waals surface area contributed by atoms with Gasteiger partial charge in [0, 0.05) is 11.4 Å². The molecule has 1 N–H and O–H groups in total. The summed E-state index contributed by atoms with van der Waals surface area (Å²) >= 11 is 1.18. The lowest BCUT2D eigenvalue weighted by molar-refractivity contribution is -0.151. The van der Waals surface area contributed by atoms with E-state index in [9.17, 15) is 23.1 Å². The van der Waals surface area contributed by atoms with Crippen molar-refractivity contribution >= 4 is 33.5 Å². The van der Waals surface area contributed by atoms with Crippen LogP contribution in [0.2, 0.25) is 0 Å². The fraction of sp³-hybridized carbons (Fsp3) is 0.556. The standard InChI is InChI=1S/C18H25NO5S2/c1-3-12-26(23,24)16-10-5-4-9-15(16)25-13(2)17(20)19-11-7-6-8-14(19)18(21)22/h4-5,9-10,13-14H,3,6-8,11-12H2,1-2H3,(H,21,22). The van der Waals surface area contributed by atoms with Crippen LogP contribution < -0.4 is 0 Å². The summed E-state index contributed by atoms with van der Waals surface area (Å²) < 4.78 is 24.9. The number of sulfone groups is 1. The van der Waals surface area contributed by atoms with Crippen LogP contribution in [0.1, 0.15) is 39.5 Å². The molecule has 1 heterocycles. The highest BCUT2D eigenvalue weighted by Crippen LogP contribution is 2.32. The molecule has 2 atom stereocenters. The van der Waals surface area contributed by atoms with Crippen molar-refractivity contribution in [3.63, 3.8) is 0 Å². The Hall–Kier alpha value is -1.54. The fourth-order valence-electron chi connectivity index (χ4n) is 3.11. The molecule has 1 fully saturated rings. The van der Waals surface area contributed by atoms with E-state index < -0.39 is 27.1 Å². The molecule has 1 aliphatic heterocycles. The number of thioether (sulfide) groups is 1. The number of amides is 1. The van der Waals surface area contributed by atoms with Gasteiger partial charge in [-0.15, -0.1) is 11.8 Å². The minimum atomic E-state index is -3.40. The number of rotatable bonds is 7. The van der Waals surface area contributed by atoms with Gasteiger partial charge in [0.25, 0.3) is 0 Å². The quantitative estimate of drug-likeness (QED) is 0.709. The normalized spacial score (nSPS) is 19.2. The smallest absolute Gasteiger partial charge is 0.326 e. The van der Waals surface area contributed by atoms with Gasteiger partial charge in [-0.3, -0.25) is 4.79 Å². The number of nitrogens with zero attached hydrogens (tertiary/aromatic N) is 1. The predicted molar refractivity (Wildman–Crippen MR) is 101 cm³/mol. The van der Waals surface area contributed by atoms with Gasteiger partial charge in [0.2, 0.25) is 5.91 Å². The van der Waals surface area contributed by atoms with Crippen LogP contribution in [0.4, 0.5) is 0 Å². The Morgan fingerprint density at radius 2 is 2.00 bits per heavy atom. The van der Waals surface area contributed by atoms with Crippen LogP contribution in [-0.2, 0) is 19.4 Å². The Morgan fingerprint density at radius 3 is 2.65 bits per heavy atom. The molecule has 1 amide bonds. The molecular formula is C18H25NO5S2. The summed E-state index contributed by atoms with van der Waals surface area (Å²) in [4.78, 5) is 26.4. The lowest BCUT2D eigenvalue weighted by Crippen LogP contribution is -2.50. The number of benzene rings is 1. The molecule has 2 unspecified atom stereocenters. The number of piperidine rings is 1. The van der Waals surface area contributed by atoms with Crippen molar-refractivity contribution in [1.29, 1.82) is 0 Å². The van der Waals surface area contributed by atoms with E-state index >= 15 is 0 Å². The summed E-state index contributed by atoms with van der Waals surface area (Å²) in [5.41, 5.74) is 0. The van der Waals surface area contributed by atoms with Gasteiger partial charge in [-0.05, 0) is 44.7 Å². The van der Waals surface area contributed by atoms with Gasteiger partial charge in [0.05, 0.1) is 15.9 Å². The van der Waals surface area contributed by atoms with Crippen molar-refractivity contribution in [2.24, 2.45) is 0 Å². The maximum atomic E-state index is 12.8. The van der Waals surface area contributed by atoms with Gasteiger partial charge in [-0.25, -0.2) is 13.2 Å². The van der Waals surface area contributed by atoms with Crippen molar-refractivity contribution in [2.45, 2.75) is 60.6 Å². The zero-order valence-corrected chi connectivity index (χ0v) is 16.7. The van der Waals surface area contributed by atoms with Crippen LogP contribution in [0.3, 0.4) is 0 Å². The molecule has 1 saturated heterocycles. The Morgan fingerprint density at radius 1 is 1.31 bits per heavy atom. The molecule has 0 bridgehead atoms. The molecule has 8 heteroatoms. The number of carbonyl (C=O) groups is 2. The third-order valence-electron chi connectivity index (χ3n) is 4.38. The predicted octanol–water partition coefficient (Wildman–Crippen LogP) is 2.82. The molecule has 1 aromatic carbocycles. The SMILES string of the molecule is CCCS(=O)(=O)c1ccccc1SC(C)C(=O)N1CCCCC1C(=O)O. The number of carboxylic acid groups (broad SMARTS) is 1. The zero-order valence-electron chi connectivity index (χ0n) is 15.1. The zero-order chi connectivity index (χ0) is 19.3. The maximum Gasteiger partial charge on any atom is 0.326 e. The van der Waals surface area contributed by atoms with Crippen molar-refractivity contribution in [3.05, 3.63) is 24.3 Å². The van der Waals surface area contributed by atoms with Gasteiger partial charge in [0.1, 0.15) is 6.04 Å². The summed E-state index contributed by atoms with van der Waals surface area (Å²) in [6, 6.07) is 5.88. The lowest BCUT2D eigenvalue weighted by atomic mass is 10.0. The van der Waals surface area contributed by atoms with E-state index in [1.807, 2.05) is 6.92 Å². The number of hydrogen-bond donors (Lipinski definition) is 1. The van der Waals surface area contributed by atoms with Crippen LogP contribution in [-0.4, -0.2) is 53.9 Å². The highest BCUT2D eigenvalue weighted by atomic mass is 32.2. The van der Waals surface area contributed by atoms with Crippen LogP contribution in [0.5, 0.6) is 0 Å². The minimum Gasteiger partial charge on any atom is -0.480 e. The van der Waals surface area contributed by atoms with Crippen LogP contribution in [0.25, 0.3) is 0 Å². The third-order valence-corrected chi connectivity index (χ3v) is 7.65. The second kappa shape index (κ2) is 8.90. The largest absolute Gasteiger partial charge is 0.480 e. The van der Waals surface area contributed by atoms with Gasteiger partial charge in [-0.2, -0.15) is 0 Å². The molecule has 2 rings (SSSR count). The molecule has 1 aliphatic rings. The Labute approximate surface area is 158 Å². The molecule has 0 aliphatic carbocycles. The van der Waals surface area contributed by atoms with E-state index in [2.05, 4.69) is 0 Å². The van der Waals surface area contributed by atoms with Crippen molar-refractivity contribution in [1.82, 2.24) is 4.90 Å². The first-order chi connectivity index (χ1) is 12.3. The molecule has 0 spiro atoms. The van der Waals surface area contributed by atoms with Crippen molar-refractivity contribution in [3.8, 4) is 0 Å². The summed E-state index contributed by atoms with van der Waals surface area (Å²) in [5.74, 6) is -1.19. The van der Waals surface area contributed by atoms with Gasteiger partial charge < -0.3 is 10.0 Å². The monoisotopic (exact) mass is 399 g/mol. The van der Waals surface area contributed by atoms with E-state index in [1.165, 1.54) is 16.7 Å². The first-order valence-electron chi connectivity index (χ1n) is 8.79. The highest BCUT2D eigenvalue weighted by molar-refractivity contribution is 8.01. The molecule has 6 nitrogen and oxygen atoms in total. The molecule has 0 saturated carbocycles. The van der Waals surface area contributed by atoms with E-state index in [-0.39, 0.29) is 16.6 Å². The number of hydrogen-bond acceptors (Lipinski definition) is 5. The van der Waals surface area contributed by atoms with E-state index in [0.29, 0.717) is 24.3 Å². The molecule has 144 valence electrons. The highest BCUT2D eigenvalue weighted by Gasteiger charge is 2.34. The summed E-state index contributed by atoms with van der Waals surface area (Å²) in [6.07, 6.45) is 2.55. The minimum absolute atomic E-state index is 0.0557. The van der Waals surface area contributed by atoms with E-state index in [0.717, 1.165) is 12.8 Å². The number of likely N-dealkylation sites (tertiary alicyclic amines) is 1. The van der Waals surface area contributed by atoms with E-state index in [4.69, 9.17) is 0 Å². The molecular weight excluding hydrogens is 374 g/mol. The molecule has 1 aromatic rings. The van der Waals surface area contributed by atoms with Gasteiger partial charge in [-0.1, -0.05) is 19.1 Å². The lowest BCUT2D eigenvalue weighted by Gasteiger charge is -2.34. The van der Waals surface area contributed by atoms with Crippen LogP contribution in [0, 0.1) is 0 Å².